The fourth-order valence-electron chi connectivity index (χ4n) is 2.15. The van der Waals surface area contributed by atoms with Crippen LogP contribution in [0.4, 0.5) is 20.2 Å². The number of hydrogen-bond acceptors (Lipinski definition) is 3. The van der Waals surface area contributed by atoms with Crippen molar-refractivity contribution in [1.29, 1.82) is 0 Å². The number of rotatable bonds is 2. The van der Waals surface area contributed by atoms with Gasteiger partial charge in [-0.3, -0.25) is 0 Å². The summed E-state index contributed by atoms with van der Waals surface area (Å²) < 4.78 is 32.9. The van der Waals surface area contributed by atoms with Gasteiger partial charge in [0.25, 0.3) is 0 Å². The molecule has 0 aliphatic carbocycles. The first-order valence-corrected chi connectivity index (χ1v) is 5.72. The van der Waals surface area contributed by atoms with Crippen molar-refractivity contribution in [2.75, 3.05) is 30.4 Å². The van der Waals surface area contributed by atoms with E-state index in [1.54, 1.807) is 4.90 Å². The van der Waals surface area contributed by atoms with Crippen molar-refractivity contribution < 1.29 is 13.5 Å². The lowest BCUT2D eigenvalue weighted by atomic mass is 10.1. The third kappa shape index (κ3) is 2.34. The molecule has 1 aromatic carbocycles. The third-order valence-corrected chi connectivity index (χ3v) is 3.03. The molecule has 1 unspecified atom stereocenters. The molecule has 0 radical (unpaired) electrons. The monoisotopic (exact) mass is 242 g/mol. The molecule has 0 bridgehead atoms. The predicted octanol–water partition coefficient (Wildman–Crippen LogP) is 2.16. The molecule has 0 spiro atoms. The van der Waals surface area contributed by atoms with E-state index in [0.29, 0.717) is 19.8 Å². The first-order chi connectivity index (χ1) is 8.13. The van der Waals surface area contributed by atoms with Crippen molar-refractivity contribution in [3.63, 3.8) is 0 Å². The molecule has 0 amide bonds. The summed E-state index contributed by atoms with van der Waals surface area (Å²) in [7, 11) is 0. The lowest BCUT2D eigenvalue weighted by Crippen LogP contribution is -2.46. The summed E-state index contributed by atoms with van der Waals surface area (Å²) in [5.41, 5.74) is 5.51. The Kier molecular flexibility index (Phi) is 3.47. The van der Waals surface area contributed by atoms with Gasteiger partial charge in [-0.25, -0.2) is 8.78 Å². The summed E-state index contributed by atoms with van der Waals surface area (Å²) in [4.78, 5) is 1.73. The molecular weight excluding hydrogens is 226 g/mol. The van der Waals surface area contributed by atoms with Crippen molar-refractivity contribution >= 4 is 11.4 Å². The maximum Gasteiger partial charge on any atom is 0.151 e. The van der Waals surface area contributed by atoms with E-state index in [0.717, 1.165) is 18.6 Å². The standard InChI is InChI=1S/C12H16F2N2O/c1-2-9-7-17-4-3-16(9)12-10(13)5-8(15)6-11(12)14/h5-6,9H,2-4,7,15H2,1H3. The molecule has 2 N–H and O–H groups in total. The Morgan fingerprint density at radius 1 is 1.41 bits per heavy atom. The number of halogens is 2. The van der Waals surface area contributed by atoms with Gasteiger partial charge in [0.1, 0.15) is 5.69 Å². The van der Waals surface area contributed by atoms with Crippen LogP contribution in [0, 0.1) is 11.6 Å². The first kappa shape index (κ1) is 12.1. The van der Waals surface area contributed by atoms with Crippen LogP contribution in [0.15, 0.2) is 12.1 Å². The Balaban J connectivity index is 2.38. The molecule has 1 heterocycles. The minimum Gasteiger partial charge on any atom is -0.399 e. The number of nitrogen functional groups attached to an aromatic ring is 1. The molecule has 1 aromatic rings. The van der Waals surface area contributed by atoms with Crippen molar-refractivity contribution in [2.24, 2.45) is 0 Å². The van der Waals surface area contributed by atoms with Crippen LogP contribution in [0.1, 0.15) is 13.3 Å². The van der Waals surface area contributed by atoms with Crippen molar-refractivity contribution in [3.8, 4) is 0 Å². The van der Waals surface area contributed by atoms with E-state index >= 15 is 0 Å². The van der Waals surface area contributed by atoms with E-state index in [2.05, 4.69) is 0 Å². The number of hydrogen-bond donors (Lipinski definition) is 1. The molecule has 0 aromatic heterocycles. The lowest BCUT2D eigenvalue weighted by Gasteiger charge is -2.37. The Labute approximate surface area is 99.2 Å². The molecule has 1 atom stereocenters. The lowest BCUT2D eigenvalue weighted by molar-refractivity contribution is 0.0922. The smallest absolute Gasteiger partial charge is 0.151 e. The molecular formula is C12H16F2N2O. The second kappa shape index (κ2) is 4.87. The Hall–Kier alpha value is -1.36. The zero-order chi connectivity index (χ0) is 12.4. The second-order valence-corrected chi connectivity index (χ2v) is 4.16. The molecule has 1 fully saturated rings. The molecule has 1 aliphatic rings. The zero-order valence-electron chi connectivity index (χ0n) is 9.75. The van der Waals surface area contributed by atoms with Crippen LogP contribution in [0.25, 0.3) is 0 Å². The largest absolute Gasteiger partial charge is 0.399 e. The summed E-state index contributed by atoms with van der Waals surface area (Å²) in [5.74, 6) is -1.22. The van der Waals surface area contributed by atoms with Gasteiger partial charge in [-0.15, -0.1) is 0 Å². The van der Waals surface area contributed by atoms with Crippen LogP contribution >= 0.6 is 0 Å². The van der Waals surface area contributed by atoms with Crippen LogP contribution in [0.5, 0.6) is 0 Å². The fourth-order valence-corrected chi connectivity index (χ4v) is 2.15. The van der Waals surface area contributed by atoms with Crippen LogP contribution in [-0.4, -0.2) is 25.8 Å². The van der Waals surface area contributed by atoms with E-state index in [-0.39, 0.29) is 17.4 Å². The second-order valence-electron chi connectivity index (χ2n) is 4.16. The Morgan fingerprint density at radius 2 is 2.06 bits per heavy atom. The summed E-state index contributed by atoms with van der Waals surface area (Å²) in [6.45, 7) is 3.45. The highest BCUT2D eigenvalue weighted by Gasteiger charge is 2.26. The number of nitrogens with zero attached hydrogens (tertiary/aromatic N) is 1. The van der Waals surface area contributed by atoms with Gasteiger partial charge in [-0.05, 0) is 18.6 Å². The predicted molar refractivity (Wildman–Crippen MR) is 63.0 cm³/mol. The molecule has 3 nitrogen and oxygen atoms in total. The maximum atomic E-state index is 13.8. The van der Waals surface area contributed by atoms with Gasteiger partial charge in [0, 0.05) is 12.2 Å². The number of ether oxygens (including phenoxy) is 1. The van der Waals surface area contributed by atoms with Crippen molar-refractivity contribution in [3.05, 3.63) is 23.8 Å². The average Bonchev–Trinajstić information content (AvgIpc) is 2.28. The normalized spacial score (nSPS) is 20.6. The van der Waals surface area contributed by atoms with Gasteiger partial charge in [-0.1, -0.05) is 6.92 Å². The molecule has 2 rings (SSSR count). The van der Waals surface area contributed by atoms with E-state index in [1.807, 2.05) is 6.92 Å². The van der Waals surface area contributed by atoms with Gasteiger partial charge in [0.05, 0.1) is 19.3 Å². The van der Waals surface area contributed by atoms with Crippen LogP contribution in [0.2, 0.25) is 0 Å². The SMILES string of the molecule is CCC1COCCN1c1c(F)cc(N)cc1F. The quantitative estimate of drug-likeness (QED) is 0.808. The highest BCUT2D eigenvalue weighted by atomic mass is 19.1. The highest BCUT2D eigenvalue weighted by molar-refractivity contribution is 5.56. The number of benzene rings is 1. The molecule has 5 heteroatoms. The van der Waals surface area contributed by atoms with Crippen molar-refractivity contribution in [2.45, 2.75) is 19.4 Å². The van der Waals surface area contributed by atoms with Gasteiger partial charge < -0.3 is 15.4 Å². The average molecular weight is 242 g/mol. The maximum absolute atomic E-state index is 13.8. The number of morpholine rings is 1. The van der Waals surface area contributed by atoms with Gasteiger partial charge in [0.2, 0.25) is 0 Å². The fraction of sp³-hybridized carbons (Fsp3) is 0.500. The summed E-state index contributed by atoms with van der Waals surface area (Å²) in [5, 5.41) is 0. The van der Waals surface area contributed by atoms with Gasteiger partial charge in [-0.2, -0.15) is 0 Å². The summed E-state index contributed by atoms with van der Waals surface area (Å²) in [6, 6.07) is 2.32. The van der Waals surface area contributed by atoms with E-state index < -0.39 is 11.6 Å². The minimum absolute atomic E-state index is 0.00866. The number of anilines is 2. The Bertz CT molecular complexity index is 388. The summed E-state index contributed by atoms with van der Waals surface area (Å²) in [6.07, 6.45) is 0.781. The molecule has 1 saturated heterocycles. The topological polar surface area (TPSA) is 38.5 Å². The third-order valence-electron chi connectivity index (χ3n) is 3.03. The van der Waals surface area contributed by atoms with E-state index in [1.165, 1.54) is 0 Å². The van der Waals surface area contributed by atoms with Crippen LogP contribution in [-0.2, 0) is 4.74 Å². The van der Waals surface area contributed by atoms with Crippen LogP contribution in [0.3, 0.4) is 0 Å². The van der Waals surface area contributed by atoms with Crippen LogP contribution < -0.4 is 10.6 Å². The molecule has 17 heavy (non-hydrogen) atoms. The van der Waals surface area contributed by atoms with E-state index in [9.17, 15) is 8.78 Å². The van der Waals surface area contributed by atoms with Gasteiger partial charge >= 0.3 is 0 Å². The molecule has 0 saturated carbocycles. The number of nitrogens with two attached hydrogens (primary N) is 1. The minimum atomic E-state index is -0.608. The molecule has 94 valence electrons. The summed E-state index contributed by atoms with van der Waals surface area (Å²) >= 11 is 0. The van der Waals surface area contributed by atoms with Crippen molar-refractivity contribution in [1.82, 2.24) is 0 Å². The highest BCUT2D eigenvalue weighted by Crippen LogP contribution is 2.29. The first-order valence-electron chi connectivity index (χ1n) is 5.72. The van der Waals surface area contributed by atoms with Gasteiger partial charge in [0.15, 0.2) is 11.6 Å². The Morgan fingerprint density at radius 3 is 2.65 bits per heavy atom. The van der Waals surface area contributed by atoms with E-state index in [4.69, 9.17) is 10.5 Å². The molecule has 1 aliphatic heterocycles. The zero-order valence-corrected chi connectivity index (χ0v) is 9.75.